The second kappa shape index (κ2) is 8.39. The Morgan fingerprint density at radius 2 is 1.81 bits per heavy atom. The van der Waals surface area contributed by atoms with Crippen molar-refractivity contribution in [3.63, 3.8) is 0 Å². The van der Waals surface area contributed by atoms with Gasteiger partial charge in [0.25, 0.3) is 11.8 Å². The van der Waals surface area contributed by atoms with Crippen LogP contribution in [0.2, 0.25) is 0 Å². The molecule has 0 spiro atoms. The number of alkyl halides is 3. The van der Waals surface area contributed by atoms with Crippen LogP contribution in [0.1, 0.15) is 17.5 Å². The minimum absolute atomic E-state index is 0.0887. The van der Waals surface area contributed by atoms with Crippen LogP contribution in [0.3, 0.4) is 0 Å². The fraction of sp³-hybridized carbons (Fsp3) is 0.353. The largest absolute Gasteiger partial charge is 0.416 e. The van der Waals surface area contributed by atoms with E-state index in [-0.39, 0.29) is 18.5 Å². The highest BCUT2D eigenvalue weighted by Crippen LogP contribution is 2.31. The molecular weight excluding hydrogens is 369 g/mol. The summed E-state index contributed by atoms with van der Waals surface area (Å²) in [6.45, 7) is -0.353. The van der Waals surface area contributed by atoms with E-state index in [1.54, 1.807) is 6.26 Å². The summed E-state index contributed by atoms with van der Waals surface area (Å²) in [6, 6.07) is 3.86. The number of amides is 3. The maximum Gasteiger partial charge on any atom is 0.416 e. The summed E-state index contributed by atoms with van der Waals surface area (Å²) in [4.78, 5) is 37.0. The lowest BCUT2D eigenvalue weighted by Gasteiger charge is -2.25. The van der Waals surface area contributed by atoms with E-state index in [0.29, 0.717) is 5.75 Å². The van der Waals surface area contributed by atoms with Crippen molar-refractivity contribution in [3.05, 3.63) is 47.5 Å². The number of thioether (sulfide) groups is 1. The Kier molecular flexibility index (Phi) is 6.47. The Balaban J connectivity index is 2.13. The van der Waals surface area contributed by atoms with Crippen LogP contribution in [0.4, 0.5) is 13.2 Å². The summed E-state index contributed by atoms with van der Waals surface area (Å²) >= 11 is 1.43. The molecule has 1 atom stereocenters. The highest BCUT2D eigenvalue weighted by molar-refractivity contribution is 7.98. The van der Waals surface area contributed by atoms with Crippen LogP contribution >= 0.6 is 11.8 Å². The third-order valence-electron chi connectivity index (χ3n) is 3.83. The van der Waals surface area contributed by atoms with Gasteiger partial charge in [-0.2, -0.15) is 24.9 Å². The van der Waals surface area contributed by atoms with Crippen molar-refractivity contribution in [2.75, 3.05) is 12.0 Å². The van der Waals surface area contributed by atoms with Crippen molar-refractivity contribution in [2.24, 2.45) is 0 Å². The highest BCUT2D eigenvalue weighted by Gasteiger charge is 2.36. The molecule has 1 heterocycles. The molecule has 5 nitrogen and oxygen atoms in total. The van der Waals surface area contributed by atoms with Crippen molar-refractivity contribution in [3.8, 4) is 0 Å². The van der Waals surface area contributed by atoms with Crippen LogP contribution in [0.5, 0.6) is 0 Å². The van der Waals surface area contributed by atoms with Gasteiger partial charge >= 0.3 is 6.18 Å². The molecule has 9 heteroatoms. The van der Waals surface area contributed by atoms with Gasteiger partial charge in [-0.1, -0.05) is 18.2 Å². The molecule has 0 radical (unpaired) electrons. The second-order valence-corrected chi connectivity index (χ2v) is 6.54. The van der Waals surface area contributed by atoms with Crippen LogP contribution in [0, 0.1) is 0 Å². The zero-order valence-corrected chi connectivity index (χ0v) is 14.7. The van der Waals surface area contributed by atoms with Gasteiger partial charge < -0.3 is 5.32 Å². The Labute approximate surface area is 152 Å². The molecule has 0 aliphatic carbocycles. The number of hydrogen-bond acceptors (Lipinski definition) is 4. The van der Waals surface area contributed by atoms with Crippen LogP contribution in [-0.2, 0) is 27.1 Å². The van der Waals surface area contributed by atoms with E-state index in [1.165, 1.54) is 30.0 Å². The monoisotopic (exact) mass is 386 g/mol. The first-order valence-electron chi connectivity index (χ1n) is 7.72. The second-order valence-electron chi connectivity index (χ2n) is 5.55. The molecule has 2 rings (SSSR count). The summed E-state index contributed by atoms with van der Waals surface area (Å²) in [5.74, 6) is -1.37. The number of nitrogens with zero attached hydrogens (tertiary/aromatic N) is 1. The summed E-state index contributed by atoms with van der Waals surface area (Å²) in [5.41, 5.74) is -0.926. The van der Waals surface area contributed by atoms with Gasteiger partial charge in [-0.3, -0.25) is 19.3 Å². The van der Waals surface area contributed by atoms with Crippen molar-refractivity contribution < 1.29 is 27.6 Å². The first-order chi connectivity index (χ1) is 12.3. The van der Waals surface area contributed by atoms with Gasteiger partial charge in [0.15, 0.2) is 0 Å². The molecule has 1 N–H and O–H groups in total. The highest BCUT2D eigenvalue weighted by atomic mass is 32.2. The summed E-state index contributed by atoms with van der Waals surface area (Å²) in [6.07, 6.45) is -0.376. The lowest BCUT2D eigenvalue weighted by Crippen LogP contribution is -2.49. The Morgan fingerprint density at radius 1 is 1.19 bits per heavy atom. The van der Waals surface area contributed by atoms with Gasteiger partial charge in [0.05, 0.1) is 5.56 Å². The van der Waals surface area contributed by atoms with Crippen LogP contribution in [-0.4, -0.2) is 40.7 Å². The van der Waals surface area contributed by atoms with Crippen LogP contribution in [0.25, 0.3) is 0 Å². The van der Waals surface area contributed by atoms with Gasteiger partial charge in [0.1, 0.15) is 6.04 Å². The molecular formula is C17H17F3N2O3S. The van der Waals surface area contributed by atoms with Crippen LogP contribution in [0.15, 0.2) is 36.4 Å². The number of carbonyl (C=O) groups excluding carboxylic acids is 3. The van der Waals surface area contributed by atoms with Crippen LogP contribution < -0.4 is 5.32 Å². The van der Waals surface area contributed by atoms with Crippen molar-refractivity contribution in [1.29, 1.82) is 0 Å². The summed E-state index contributed by atoms with van der Waals surface area (Å²) < 4.78 is 39.1. The van der Waals surface area contributed by atoms with E-state index in [0.717, 1.165) is 23.1 Å². The first kappa shape index (κ1) is 20.0. The fourth-order valence-corrected chi connectivity index (χ4v) is 3.04. The molecule has 0 saturated carbocycles. The summed E-state index contributed by atoms with van der Waals surface area (Å²) in [7, 11) is 0. The molecule has 0 saturated heterocycles. The standard InChI is InChI=1S/C17H17F3N2O3S/c1-26-9-8-13(22-14(23)6-7-15(22)24)16(25)21-10-11-4-2-3-5-12(11)17(18,19)20/h2-7,13H,8-10H2,1H3,(H,21,25)/t13-/m1/s1. The predicted octanol–water partition coefficient (Wildman–Crippen LogP) is 2.37. The zero-order chi connectivity index (χ0) is 19.3. The third kappa shape index (κ3) is 4.66. The smallest absolute Gasteiger partial charge is 0.350 e. The maximum absolute atomic E-state index is 13.0. The zero-order valence-electron chi connectivity index (χ0n) is 13.9. The number of rotatable bonds is 7. The van der Waals surface area contributed by atoms with Gasteiger partial charge in [-0.05, 0) is 30.1 Å². The third-order valence-corrected chi connectivity index (χ3v) is 4.47. The van der Waals surface area contributed by atoms with Gasteiger partial charge in [0.2, 0.25) is 5.91 Å². The molecule has 3 amide bonds. The molecule has 26 heavy (non-hydrogen) atoms. The quantitative estimate of drug-likeness (QED) is 0.731. The number of benzene rings is 1. The van der Waals surface area contributed by atoms with E-state index in [4.69, 9.17) is 0 Å². The molecule has 1 aromatic carbocycles. The average Bonchev–Trinajstić information content (AvgIpc) is 2.92. The Morgan fingerprint density at radius 3 is 2.38 bits per heavy atom. The average molecular weight is 386 g/mol. The summed E-state index contributed by atoms with van der Waals surface area (Å²) in [5, 5.41) is 2.42. The topological polar surface area (TPSA) is 66.5 Å². The molecule has 1 aromatic rings. The normalized spacial score (nSPS) is 15.5. The molecule has 140 valence electrons. The van der Waals surface area contributed by atoms with Gasteiger partial charge in [-0.25, -0.2) is 0 Å². The van der Waals surface area contributed by atoms with E-state index in [2.05, 4.69) is 5.32 Å². The molecule has 0 fully saturated rings. The molecule has 1 aliphatic heterocycles. The molecule has 0 unspecified atom stereocenters. The number of imide groups is 1. The fourth-order valence-electron chi connectivity index (χ4n) is 2.58. The van der Waals surface area contributed by atoms with E-state index in [1.807, 2.05) is 0 Å². The molecule has 0 aromatic heterocycles. The molecule has 1 aliphatic rings. The lowest BCUT2D eigenvalue weighted by atomic mass is 10.1. The predicted molar refractivity (Wildman–Crippen MR) is 91.1 cm³/mol. The van der Waals surface area contributed by atoms with E-state index in [9.17, 15) is 27.6 Å². The lowest BCUT2D eigenvalue weighted by molar-refractivity contribution is -0.145. The maximum atomic E-state index is 13.0. The van der Waals surface area contributed by atoms with Crippen molar-refractivity contribution >= 4 is 29.5 Å². The van der Waals surface area contributed by atoms with E-state index < -0.39 is 35.5 Å². The first-order valence-corrected chi connectivity index (χ1v) is 9.12. The van der Waals surface area contributed by atoms with Gasteiger partial charge in [0, 0.05) is 18.7 Å². The number of carbonyl (C=O) groups is 3. The minimum Gasteiger partial charge on any atom is -0.350 e. The number of nitrogens with one attached hydrogen (secondary N) is 1. The minimum atomic E-state index is -4.54. The van der Waals surface area contributed by atoms with Crippen molar-refractivity contribution in [1.82, 2.24) is 10.2 Å². The van der Waals surface area contributed by atoms with Crippen molar-refractivity contribution in [2.45, 2.75) is 25.2 Å². The Bertz CT molecular complexity index is 716. The Hall–Kier alpha value is -2.29. The molecule has 0 bridgehead atoms. The number of hydrogen-bond donors (Lipinski definition) is 1. The SMILES string of the molecule is CSCC[C@H](C(=O)NCc1ccccc1C(F)(F)F)N1C(=O)C=CC1=O. The van der Waals surface area contributed by atoms with Gasteiger partial charge in [-0.15, -0.1) is 0 Å². The van der Waals surface area contributed by atoms with E-state index >= 15 is 0 Å². The number of halogens is 3.